The minimum atomic E-state index is -0.0329. The highest BCUT2D eigenvalue weighted by Crippen LogP contribution is 2.13. The Morgan fingerprint density at radius 3 is 2.50 bits per heavy atom. The lowest BCUT2D eigenvalue weighted by molar-refractivity contribution is 0.770. The Morgan fingerprint density at radius 2 is 2.06 bits per heavy atom. The van der Waals surface area contributed by atoms with Crippen molar-refractivity contribution in [3.63, 3.8) is 0 Å². The average Bonchev–Trinajstić information content (AvgIpc) is 2.58. The van der Waals surface area contributed by atoms with Crippen LogP contribution in [0.15, 0.2) is 24.4 Å². The van der Waals surface area contributed by atoms with Crippen LogP contribution in [-0.4, -0.2) is 14.8 Å². The second-order valence-corrected chi connectivity index (χ2v) is 4.07. The highest BCUT2D eigenvalue weighted by molar-refractivity contribution is 5.32. The zero-order chi connectivity index (χ0) is 11.7. The topological polar surface area (TPSA) is 56.7 Å². The van der Waals surface area contributed by atoms with Gasteiger partial charge in [-0.15, -0.1) is 0 Å². The SMILES string of the molecule is Cc1cc(C)n(-c2ccc(C(C)N)nc2)n1. The predicted octanol–water partition coefficient (Wildman–Crippen LogP) is 1.90. The molecule has 0 aromatic carbocycles. The molecule has 1 atom stereocenters. The van der Waals surface area contributed by atoms with Crippen molar-refractivity contribution < 1.29 is 0 Å². The van der Waals surface area contributed by atoms with Crippen LogP contribution in [0.25, 0.3) is 5.69 Å². The monoisotopic (exact) mass is 216 g/mol. The number of aromatic nitrogens is 3. The fraction of sp³-hybridized carbons (Fsp3) is 0.333. The molecular weight excluding hydrogens is 200 g/mol. The van der Waals surface area contributed by atoms with Gasteiger partial charge in [-0.05, 0) is 39.0 Å². The quantitative estimate of drug-likeness (QED) is 0.834. The zero-order valence-corrected chi connectivity index (χ0v) is 9.81. The lowest BCUT2D eigenvalue weighted by atomic mass is 10.2. The van der Waals surface area contributed by atoms with E-state index in [1.807, 2.05) is 43.7 Å². The maximum atomic E-state index is 5.75. The van der Waals surface area contributed by atoms with Gasteiger partial charge in [0.15, 0.2) is 0 Å². The highest BCUT2D eigenvalue weighted by Gasteiger charge is 2.05. The smallest absolute Gasteiger partial charge is 0.0832 e. The summed E-state index contributed by atoms with van der Waals surface area (Å²) in [6.07, 6.45) is 1.80. The Bertz CT molecular complexity index is 482. The molecule has 1 unspecified atom stereocenters. The van der Waals surface area contributed by atoms with Gasteiger partial charge in [0.1, 0.15) is 0 Å². The van der Waals surface area contributed by atoms with E-state index in [-0.39, 0.29) is 6.04 Å². The summed E-state index contributed by atoms with van der Waals surface area (Å²) in [5.41, 5.74) is 9.73. The molecule has 0 aliphatic heterocycles. The summed E-state index contributed by atoms with van der Waals surface area (Å²) in [5, 5.41) is 4.40. The molecule has 16 heavy (non-hydrogen) atoms. The third-order valence-corrected chi connectivity index (χ3v) is 2.49. The van der Waals surface area contributed by atoms with Crippen LogP contribution in [-0.2, 0) is 0 Å². The van der Waals surface area contributed by atoms with Gasteiger partial charge in [0, 0.05) is 11.7 Å². The van der Waals surface area contributed by atoms with Crippen molar-refractivity contribution in [2.75, 3.05) is 0 Å². The molecule has 0 radical (unpaired) electrons. The van der Waals surface area contributed by atoms with Gasteiger partial charge in [-0.2, -0.15) is 5.10 Å². The van der Waals surface area contributed by atoms with E-state index in [1.165, 1.54) is 0 Å². The lowest BCUT2D eigenvalue weighted by Gasteiger charge is -2.07. The van der Waals surface area contributed by atoms with Gasteiger partial charge in [-0.25, -0.2) is 4.68 Å². The molecule has 2 heterocycles. The maximum Gasteiger partial charge on any atom is 0.0832 e. The van der Waals surface area contributed by atoms with Gasteiger partial charge < -0.3 is 5.73 Å². The molecule has 0 spiro atoms. The summed E-state index contributed by atoms with van der Waals surface area (Å²) in [6, 6.07) is 5.94. The summed E-state index contributed by atoms with van der Waals surface area (Å²) in [6.45, 7) is 5.93. The Hall–Kier alpha value is -1.68. The summed E-state index contributed by atoms with van der Waals surface area (Å²) in [5.74, 6) is 0. The van der Waals surface area contributed by atoms with E-state index < -0.39 is 0 Å². The van der Waals surface area contributed by atoms with Crippen molar-refractivity contribution in [3.05, 3.63) is 41.5 Å². The molecule has 2 aromatic rings. The van der Waals surface area contributed by atoms with Crippen LogP contribution in [0.3, 0.4) is 0 Å². The number of rotatable bonds is 2. The fourth-order valence-corrected chi connectivity index (χ4v) is 1.68. The number of nitrogens with two attached hydrogens (primary N) is 1. The summed E-state index contributed by atoms with van der Waals surface area (Å²) >= 11 is 0. The fourth-order valence-electron chi connectivity index (χ4n) is 1.68. The number of nitrogens with zero attached hydrogens (tertiary/aromatic N) is 3. The first-order valence-corrected chi connectivity index (χ1v) is 5.33. The van der Waals surface area contributed by atoms with Crippen LogP contribution in [0, 0.1) is 13.8 Å². The largest absolute Gasteiger partial charge is 0.323 e. The molecular formula is C12H16N4. The van der Waals surface area contributed by atoms with Gasteiger partial charge in [-0.1, -0.05) is 0 Å². The first-order chi connectivity index (χ1) is 7.58. The second-order valence-electron chi connectivity index (χ2n) is 4.07. The molecule has 2 N–H and O–H groups in total. The normalized spacial score (nSPS) is 12.8. The minimum absolute atomic E-state index is 0.0329. The maximum absolute atomic E-state index is 5.75. The van der Waals surface area contributed by atoms with Gasteiger partial charge >= 0.3 is 0 Å². The molecule has 0 aliphatic carbocycles. The van der Waals surface area contributed by atoms with E-state index in [0.29, 0.717) is 0 Å². The molecule has 0 bridgehead atoms. The summed E-state index contributed by atoms with van der Waals surface area (Å²) in [4.78, 5) is 4.32. The molecule has 0 saturated heterocycles. The standard InChI is InChI=1S/C12H16N4/c1-8-6-9(2)16(15-8)11-4-5-12(10(3)13)14-7-11/h4-7,10H,13H2,1-3H3. The molecule has 0 amide bonds. The third-order valence-electron chi connectivity index (χ3n) is 2.49. The van der Waals surface area contributed by atoms with Crippen LogP contribution >= 0.6 is 0 Å². The number of aryl methyl sites for hydroxylation is 2. The van der Waals surface area contributed by atoms with Crippen LogP contribution < -0.4 is 5.73 Å². The van der Waals surface area contributed by atoms with Gasteiger partial charge in [0.05, 0.1) is 23.3 Å². The Morgan fingerprint density at radius 1 is 1.31 bits per heavy atom. The molecule has 2 aromatic heterocycles. The van der Waals surface area contributed by atoms with E-state index in [9.17, 15) is 0 Å². The van der Waals surface area contributed by atoms with Gasteiger partial charge in [0.25, 0.3) is 0 Å². The highest BCUT2D eigenvalue weighted by atomic mass is 15.3. The molecule has 4 nitrogen and oxygen atoms in total. The van der Waals surface area contributed by atoms with Crippen LogP contribution in [0.2, 0.25) is 0 Å². The molecule has 0 aliphatic rings. The van der Waals surface area contributed by atoms with Crippen LogP contribution in [0.1, 0.15) is 30.0 Å². The number of hydrogen-bond acceptors (Lipinski definition) is 3. The first-order valence-electron chi connectivity index (χ1n) is 5.33. The zero-order valence-electron chi connectivity index (χ0n) is 9.81. The first kappa shape index (κ1) is 10.8. The Balaban J connectivity index is 2.38. The van der Waals surface area contributed by atoms with Crippen LogP contribution in [0.5, 0.6) is 0 Å². The summed E-state index contributed by atoms with van der Waals surface area (Å²) < 4.78 is 1.88. The molecule has 84 valence electrons. The van der Waals surface area contributed by atoms with E-state index in [4.69, 9.17) is 5.73 Å². The van der Waals surface area contributed by atoms with E-state index in [1.54, 1.807) is 6.20 Å². The average molecular weight is 216 g/mol. The predicted molar refractivity (Wildman–Crippen MR) is 63.4 cm³/mol. The second kappa shape index (κ2) is 4.06. The van der Waals surface area contributed by atoms with Crippen molar-refractivity contribution in [1.82, 2.24) is 14.8 Å². The van der Waals surface area contributed by atoms with Crippen molar-refractivity contribution in [1.29, 1.82) is 0 Å². The van der Waals surface area contributed by atoms with Gasteiger partial charge in [0.2, 0.25) is 0 Å². The third kappa shape index (κ3) is 1.97. The van der Waals surface area contributed by atoms with Crippen molar-refractivity contribution in [2.24, 2.45) is 5.73 Å². The Kier molecular flexibility index (Phi) is 2.75. The molecule has 0 fully saturated rings. The van der Waals surface area contributed by atoms with E-state index in [2.05, 4.69) is 10.1 Å². The Labute approximate surface area is 95.1 Å². The minimum Gasteiger partial charge on any atom is -0.323 e. The van der Waals surface area contributed by atoms with Crippen molar-refractivity contribution >= 4 is 0 Å². The number of pyridine rings is 1. The van der Waals surface area contributed by atoms with Gasteiger partial charge in [-0.3, -0.25) is 4.98 Å². The van der Waals surface area contributed by atoms with E-state index in [0.717, 1.165) is 22.8 Å². The van der Waals surface area contributed by atoms with Crippen LogP contribution in [0.4, 0.5) is 0 Å². The molecule has 2 rings (SSSR count). The molecule has 4 heteroatoms. The lowest BCUT2D eigenvalue weighted by Crippen LogP contribution is -2.08. The van der Waals surface area contributed by atoms with E-state index >= 15 is 0 Å². The summed E-state index contributed by atoms with van der Waals surface area (Å²) in [7, 11) is 0. The molecule has 0 saturated carbocycles. The van der Waals surface area contributed by atoms with Crippen molar-refractivity contribution in [2.45, 2.75) is 26.8 Å². The van der Waals surface area contributed by atoms with Crippen molar-refractivity contribution in [3.8, 4) is 5.69 Å². The number of hydrogen-bond donors (Lipinski definition) is 1.